The number of hydrogen-bond donors (Lipinski definition) is 10. The molecule has 0 spiro atoms. The minimum atomic E-state index is -1.82. The van der Waals surface area contributed by atoms with Crippen molar-refractivity contribution in [2.45, 2.75) is 107 Å². The number of hydrogen-bond acceptors (Lipinski definition) is 13. The maximum atomic E-state index is 14.0. The third-order valence-electron chi connectivity index (χ3n) is 8.96. The number of amides is 8. The minimum Gasteiger partial charge on any atom is -0.481 e. The topological polar surface area (TPSA) is 381 Å². The first-order valence-corrected chi connectivity index (χ1v) is 19.0. The Hall–Kier alpha value is -5.52. The van der Waals surface area contributed by atoms with Crippen molar-refractivity contribution in [3.05, 3.63) is 0 Å². The molecule has 0 bridgehead atoms. The summed E-state index contributed by atoms with van der Waals surface area (Å²) in [6.07, 6.45) is -0.513. The van der Waals surface area contributed by atoms with Crippen molar-refractivity contribution < 1.29 is 68.1 Å². The van der Waals surface area contributed by atoms with E-state index in [1.54, 1.807) is 6.26 Å². The molecule has 0 unspecified atom stereocenters. The van der Waals surface area contributed by atoms with Crippen LogP contribution in [0.3, 0.4) is 0 Å². The molecule has 2 saturated heterocycles. The van der Waals surface area contributed by atoms with Crippen LogP contribution in [-0.4, -0.2) is 158 Å². The molecule has 8 amide bonds. The van der Waals surface area contributed by atoms with Crippen LogP contribution in [0.2, 0.25) is 0 Å². The number of nitrogens with zero attached hydrogens (tertiary/aromatic N) is 2. The van der Waals surface area contributed by atoms with Gasteiger partial charge in [-0.2, -0.15) is 11.8 Å². The van der Waals surface area contributed by atoms with E-state index in [2.05, 4.69) is 16.0 Å². The molecular formula is C32H49N9O14S. The lowest BCUT2D eigenvalue weighted by Crippen LogP contribution is -2.60. The summed E-state index contributed by atoms with van der Waals surface area (Å²) in [5.41, 5.74) is 16.2. The number of likely N-dealkylation sites (tertiary alicyclic amines) is 2. The van der Waals surface area contributed by atoms with Crippen LogP contribution in [0.5, 0.6) is 0 Å². The van der Waals surface area contributed by atoms with Crippen molar-refractivity contribution in [2.75, 3.05) is 25.1 Å². The summed E-state index contributed by atoms with van der Waals surface area (Å²) in [7, 11) is 0. The van der Waals surface area contributed by atoms with E-state index in [0.717, 1.165) is 9.80 Å². The first kappa shape index (κ1) is 46.6. The molecule has 7 atom stereocenters. The Kier molecular flexibility index (Phi) is 18.4. The Balaban J connectivity index is 2.25. The average Bonchev–Trinajstić information content (AvgIpc) is 3.81. The first-order chi connectivity index (χ1) is 26.3. The molecule has 0 aromatic heterocycles. The van der Waals surface area contributed by atoms with E-state index >= 15 is 0 Å². The predicted octanol–water partition coefficient (Wildman–Crippen LogP) is -4.84. The molecule has 0 aromatic rings. The lowest BCUT2D eigenvalue weighted by Gasteiger charge is -2.33. The number of carbonyl (C=O) groups excluding carboxylic acids is 8. The molecular weight excluding hydrogens is 766 g/mol. The number of carbonyl (C=O) groups is 11. The largest absolute Gasteiger partial charge is 0.481 e. The van der Waals surface area contributed by atoms with Crippen LogP contribution in [0, 0.1) is 0 Å². The Morgan fingerprint density at radius 2 is 1.20 bits per heavy atom. The molecule has 24 heteroatoms. The number of carboxylic acid groups (broad SMARTS) is 3. The second-order valence-electron chi connectivity index (χ2n) is 13.2. The second-order valence-corrected chi connectivity index (χ2v) is 14.2. The highest BCUT2D eigenvalue weighted by Crippen LogP contribution is 2.26. The van der Waals surface area contributed by atoms with Gasteiger partial charge in [0.25, 0.3) is 0 Å². The second kappa shape index (κ2) is 22.1. The summed E-state index contributed by atoms with van der Waals surface area (Å²) < 4.78 is 0. The van der Waals surface area contributed by atoms with E-state index in [1.807, 2.05) is 5.32 Å². The average molecular weight is 816 g/mol. The van der Waals surface area contributed by atoms with Gasteiger partial charge in [0.15, 0.2) is 0 Å². The summed E-state index contributed by atoms with van der Waals surface area (Å²) in [6.45, 7) is 0.0326. The smallest absolute Gasteiger partial charge is 0.326 e. The monoisotopic (exact) mass is 815 g/mol. The SMILES string of the molecule is CSCC[C@H](NC(=O)[C@@H](N)CCC(=O)O)C(=O)N[C@@H](CC(N)=O)C(=O)N1CCC[C@H]1C(=O)N1CCC[C@H]1C(=O)N[C@@H](CC(=O)O)C(=O)N[C@@H](CC(N)=O)C(=O)O. The molecule has 13 N–H and O–H groups in total. The summed E-state index contributed by atoms with van der Waals surface area (Å²) in [5, 5.41) is 36.7. The number of carboxylic acids is 3. The van der Waals surface area contributed by atoms with Crippen molar-refractivity contribution in [3.8, 4) is 0 Å². The van der Waals surface area contributed by atoms with Gasteiger partial charge in [0.2, 0.25) is 47.3 Å². The molecule has 2 aliphatic rings. The van der Waals surface area contributed by atoms with E-state index in [0.29, 0.717) is 18.6 Å². The fourth-order valence-electron chi connectivity index (χ4n) is 6.17. The third kappa shape index (κ3) is 14.3. The minimum absolute atomic E-state index is 0.00699. The van der Waals surface area contributed by atoms with Crippen molar-refractivity contribution in [2.24, 2.45) is 17.2 Å². The molecule has 23 nitrogen and oxygen atoms in total. The van der Waals surface area contributed by atoms with Crippen LogP contribution in [0.25, 0.3) is 0 Å². The maximum Gasteiger partial charge on any atom is 0.326 e. The van der Waals surface area contributed by atoms with E-state index in [-0.39, 0.29) is 38.8 Å². The lowest BCUT2D eigenvalue weighted by atomic mass is 10.1. The zero-order valence-electron chi connectivity index (χ0n) is 30.6. The Morgan fingerprint density at radius 1 is 0.661 bits per heavy atom. The predicted molar refractivity (Wildman–Crippen MR) is 193 cm³/mol. The molecule has 2 rings (SSSR count). The normalized spacial score (nSPS) is 19.0. The van der Waals surface area contributed by atoms with Crippen LogP contribution in [0.4, 0.5) is 0 Å². The van der Waals surface area contributed by atoms with Gasteiger partial charge in [0.1, 0.15) is 36.3 Å². The molecule has 0 aromatic carbocycles. The third-order valence-corrected chi connectivity index (χ3v) is 9.60. The Bertz CT molecular complexity index is 1550. The quantitative estimate of drug-likeness (QED) is 0.0462. The fraction of sp³-hybridized carbons (Fsp3) is 0.656. The highest BCUT2D eigenvalue weighted by molar-refractivity contribution is 7.98. The lowest BCUT2D eigenvalue weighted by molar-refractivity contribution is -0.149. The summed E-state index contributed by atoms with van der Waals surface area (Å²) in [6, 6.07) is -10.1. The summed E-state index contributed by atoms with van der Waals surface area (Å²) in [4.78, 5) is 140. The van der Waals surface area contributed by atoms with Gasteiger partial charge in [-0.1, -0.05) is 0 Å². The summed E-state index contributed by atoms with van der Waals surface area (Å²) >= 11 is 1.34. The van der Waals surface area contributed by atoms with Crippen LogP contribution in [0.1, 0.15) is 64.2 Å². The maximum absolute atomic E-state index is 14.0. The highest BCUT2D eigenvalue weighted by atomic mass is 32.2. The van der Waals surface area contributed by atoms with Crippen LogP contribution >= 0.6 is 11.8 Å². The van der Waals surface area contributed by atoms with Gasteiger partial charge in [-0.15, -0.1) is 0 Å². The van der Waals surface area contributed by atoms with Gasteiger partial charge < -0.3 is 63.6 Å². The molecule has 2 aliphatic heterocycles. The van der Waals surface area contributed by atoms with E-state index in [9.17, 15) is 63.0 Å². The van der Waals surface area contributed by atoms with Crippen LogP contribution in [0.15, 0.2) is 0 Å². The molecule has 2 heterocycles. The van der Waals surface area contributed by atoms with Gasteiger partial charge >= 0.3 is 17.9 Å². The number of aliphatic carboxylic acids is 3. The van der Waals surface area contributed by atoms with Crippen molar-refractivity contribution in [3.63, 3.8) is 0 Å². The first-order valence-electron chi connectivity index (χ1n) is 17.6. The van der Waals surface area contributed by atoms with E-state index in [4.69, 9.17) is 22.3 Å². The van der Waals surface area contributed by atoms with Gasteiger partial charge in [0.05, 0.1) is 25.3 Å². The highest BCUT2D eigenvalue weighted by Gasteiger charge is 2.45. The van der Waals surface area contributed by atoms with Crippen LogP contribution < -0.4 is 38.5 Å². The zero-order chi connectivity index (χ0) is 42.3. The Labute approximate surface area is 324 Å². The van der Waals surface area contributed by atoms with Gasteiger partial charge in [-0.05, 0) is 50.5 Å². The number of rotatable bonds is 23. The summed E-state index contributed by atoms with van der Waals surface area (Å²) in [5.74, 6) is -11.5. The van der Waals surface area contributed by atoms with E-state index in [1.165, 1.54) is 11.8 Å². The van der Waals surface area contributed by atoms with Crippen molar-refractivity contribution in [1.29, 1.82) is 0 Å². The van der Waals surface area contributed by atoms with Crippen molar-refractivity contribution >= 4 is 76.9 Å². The van der Waals surface area contributed by atoms with Crippen LogP contribution in [-0.2, 0) is 52.7 Å². The van der Waals surface area contributed by atoms with E-state index < -0.39 is 133 Å². The molecule has 0 saturated carbocycles. The number of nitrogens with one attached hydrogen (secondary N) is 4. The molecule has 0 aliphatic carbocycles. The van der Waals surface area contributed by atoms with Gasteiger partial charge in [-0.3, -0.25) is 47.9 Å². The zero-order valence-corrected chi connectivity index (χ0v) is 31.4. The number of thioether (sulfide) groups is 1. The standard InChI is InChI=1S/C32H49N9O14S/c1-56-11-8-16(36-26(48)15(33)6-7-24(44)45)27(49)38-18(12-22(34)42)30(52)41-10-3-5-21(41)31(53)40-9-2-4-20(40)29(51)37-17(14-25(46)47)28(50)39-19(32(54)55)13-23(35)43/h15-21H,2-14,33H2,1H3,(H2,34,42)(H2,35,43)(H,36,48)(H,37,51)(H,38,49)(H,39,50)(H,44,45)(H,46,47)(H,54,55)/t15-,16-,17-,18-,19-,20-,21-/m0/s1. The Morgan fingerprint density at radius 3 is 1.75 bits per heavy atom. The molecule has 312 valence electrons. The van der Waals surface area contributed by atoms with Gasteiger partial charge in [0, 0.05) is 19.5 Å². The molecule has 2 fully saturated rings. The van der Waals surface area contributed by atoms with Crippen molar-refractivity contribution in [1.82, 2.24) is 31.1 Å². The molecule has 56 heavy (non-hydrogen) atoms. The van der Waals surface area contributed by atoms with Gasteiger partial charge in [-0.25, -0.2) is 4.79 Å². The number of primary amides is 2. The molecule has 0 radical (unpaired) electrons. The number of nitrogens with two attached hydrogens (primary N) is 3. The fourth-order valence-corrected chi connectivity index (χ4v) is 6.65.